The van der Waals surface area contributed by atoms with Crippen molar-refractivity contribution in [1.29, 1.82) is 0 Å². The van der Waals surface area contributed by atoms with Crippen LogP contribution in [-0.4, -0.2) is 72.8 Å². The van der Waals surface area contributed by atoms with Crippen LogP contribution in [0, 0.1) is 0 Å². The first-order valence-corrected chi connectivity index (χ1v) is 10.7. The number of nitrogens with one attached hydrogen (secondary N) is 3. The lowest BCUT2D eigenvalue weighted by molar-refractivity contribution is -0.128. The fourth-order valence-corrected chi connectivity index (χ4v) is 4.00. The molecule has 1 heterocycles. The highest BCUT2D eigenvalue weighted by Crippen LogP contribution is 2.21. The van der Waals surface area contributed by atoms with Gasteiger partial charge in [-0.1, -0.05) is 0 Å². The lowest BCUT2D eigenvalue weighted by Crippen LogP contribution is -2.58. The molecular formula is C21H32N6O4. The average molecular weight is 433 g/mol. The third-order valence-corrected chi connectivity index (χ3v) is 5.72. The maximum Gasteiger partial charge on any atom is 0.323 e. The zero-order chi connectivity index (χ0) is 22.4. The Morgan fingerprint density at radius 3 is 2.23 bits per heavy atom. The number of hydrogen-bond donors (Lipinski definition) is 4. The summed E-state index contributed by atoms with van der Waals surface area (Å²) in [4.78, 5) is 41.5. The predicted molar refractivity (Wildman–Crippen MR) is 117 cm³/mol. The molecule has 0 aromatic heterocycles. The molecule has 1 aliphatic heterocycles. The summed E-state index contributed by atoms with van der Waals surface area (Å²) in [5, 5.41) is 8.54. The van der Waals surface area contributed by atoms with Gasteiger partial charge in [0.2, 0.25) is 0 Å². The molecule has 1 aromatic carbocycles. The molecule has 0 bridgehead atoms. The van der Waals surface area contributed by atoms with Gasteiger partial charge in [0.1, 0.15) is 5.75 Å². The highest BCUT2D eigenvalue weighted by Gasteiger charge is 2.43. The van der Waals surface area contributed by atoms with E-state index in [0.29, 0.717) is 18.0 Å². The van der Waals surface area contributed by atoms with Crippen LogP contribution in [0.5, 0.6) is 5.75 Å². The van der Waals surface area contributed by atoms with Crippen molar-refractivity contribution in [3.63, 3.8) is 0 Å². The third kappa shape index (κ3) is 5.57. The van der Waals surface area contributed by atoms with Crippen LogP contribution in [0.1, 0.15) is 32.6 Å². The minimum atomic E-state index is -1.01. The summed E-state index contributed by atoms with van der Waals surface area (Å²) in [6.45, 7) is 2.77. The van der Waals surface area contributed by atoms with Gasteiger partial charge in [-0.15, -0.1) is 0 Å². The monoisotopic (exact) mass is 432 g/mol. The quantitative estimate of drug-likeness (QED) is 0.557. The Morgan fingerprint density at radius 2 is 1.65 bits per heavy atom. The summed E-state index contributed by atoms with van der Waals surface area (Å²) in [5.41, 5.74) is 6.53. The van der Waals surface area contributed by atoms with E-state index >= 15 is 0 Å². The van der Waals surface area contributed by atoms with E-state index in [1.165, 1.54) is 9.80 Å². The molecule has 0 spiro atoms. The number of benzene rings is 1. The predicted octanol–water partition coefficient (Wildman–Crippen LogP) is 1.29. The number of nitrogens with two attached hydrogens (primary N) is 1. The largest absolute Gasteiger partial charge is 0.497 e. The number of anilines is 1. The van der Waals surface area contributed by atoms with Crippen molar-refractivity contribution in [1.82, 2.24) is 20.4 Å². The fraction of sp³-hybridized carbons (Fsp3) is 0.571. The Morgan fingerprint density at radius 1 is 1.03 bits per heavy atom. The van der Waals surface area contributed by atoms with E-state index < -0.39 is 12.2 Å². The smallest absolute Gasteiger partial charge is 0.323 e. The van der Waals surface area contributed by atoms with E-state index in [-0.39, 0.29) is 37.1 Å². The van der Waals surface area contributed by atoms with Crippen LogP contribution in [0.2, 0.25) is 0 Å². The molecule has 31 heavy (non-hydrogen) atoms. The van der Waals surface area contributed by atoms with Crippen molar-refractivity contribution in [2.24, 2.45) is 5.73 Å². The van der Waals surface area contributed by atoms with E-state index in [9.17, 15) is 14.4 Å². The Balaban J connectivity index is 1.72. The lowest BCUT2D eigenvalue weighted by Gasteiger charge is -2.32. The van der Waals surface area contributed by atoms with E-state index in [2.05, 4.69) is 16.0 Å². The SMILES string of the molecule is CCNC(=O)N1CCN(C(=O)Nc2ccc(OC)cc2)C1C(=O)NC1CCC(N)CC1. The van der Waals surface area contributed by atoms with Gasteiger partial charge in [-0.2, -0.15) is 0 Å². The molecule has 5 amide bonds. The van der Waals surface area contributed by atoms with E-state index in [0.717, 1.165) is 25.7 Å². The van der Waals surface area contributed by atoms with Gasteiger partial charge < -0.3 is 26.4 Å². The number of amides is 5. The summed E-state index contributed by atoms with van der Waals surface area (Å²) < 4.78 is 5.13. The number of hydrogen-bond acceptors (Lipinski definition) is 5. The zero-order valence-electron chi connectivity index (χ0n) is 18.1. The summed E-state index contributed by atoms with van der Waals surface area (Å²) in [6.07, 6.45) is 2.26. The number of methoxy groups -OCH3 is 1. The zero-order valence-corrected chi connectivity index (χ0v) is 18.1. The highest BCUT2D eigenvalue weighted by molar-refractivity contribution is 5.96. The number of carbonyl (C=O) groups excluding carboxylic acids is 3. The maximum absolute atomic E-state index is 13.2. The molecule has 2 fully saturated rings. The first-order chi connectivity index (χ1) is 14.9. The van der Waals surface area contributed by atoms with Gasteiger partial charge in [0, 0.05) is 37.4 Å². The molecule has 3 rings (SSSR count). The second-order valence-corrected chi connectivity index (χ2v) is 7.87. The summed E-state index contributed by atoms with van der Waals surface area (Å²) >= 11 is 0. The summed E-state index contributed by atoms with van der Waals surface area (Å²) in [7, 11) is 1.57. The first-order valence-electron chi connectivity index (χ1n) is 10.7. The van der Waals surface area contributed by atoms with Gasteiger partial charge in [0.05, 0.1) is 7.11 Å². The van der Waals surface area contributed by atoms with Gasteiger partial charge >= 0.3 is 12.1 Å². The van der Waals surface area contributed by atoms with Crippen molar-refractivity contribution >= 4 is 23.7 Å². The third-order valence-electron chi connectivity index (χ3n) is 5.72. The van der Waals surface area contributed by atoms with E-state index in [4.69, 9.17) is 10.5 Å². The molecule has 1 aromatic rings. The minimum Gasteiger partial charge on any atom is -0.497 e. The van der Waals surface area contributed by atoms with E-state index in [1.54, 1.807) is 31.4 Å². The highest BCUT2D eigenvalue weighted by atomic mass is 16.5. The van der Waals surface area contributed by atoms with Crippen molar-refractivity contribution in [3.05, 3.63) is 24.3 Å². The van der Waals surface area contributed by atoms with Gasteiger partial charge in [0.15, 0.2) is 6.17 Å². The molecule has 2 aliphatic rings. The van der Waals surface area contributed by atoms with Crippen LogP contribution in [0.25, 0.3) is 0 Å². The summed E-state index contributed by atoms with van der Waals surface area (Å²) in [6, 6.07) is 6.25. The Hall–Kier alpha value is -3.01. The number of carbonyl (C=O) groups is 3. The van der Waals surface area contributed by atoms with Crippen molar-refractivity contribution < 1.29 is 19.1 Å². The topological polar surface area (TPSA) is 129 Å². The minimum absolute atomic E-state index is 0.00418. The molecule has 1 aliphatic carbocycles. The standard InChI is InChI=1S/C21H32N6O4/c1-3-23-20(29)26-12-13-27(21(30)25-16-8-10-17(31-2)11-9-16)19(26)18(28)24-15-6-4-14(22)5-7-15/h8-11,14-15,19H,3-7,12-13,22H2,1-2H3,(H,23,29)(H,24,28)(H,25,30). The van der Waals surface area contributed by atoms with Gasteiger partial charge in [-0.05, 0) is 56.9 Å². The molecule has 1 atom stereocenters. The number of urea groups is 2. The number of ether oxygens (including phenoxy) is 1. The summed E-state index contributed by atoms with van der Waals surface area (Å²) in [5.74, 6) is 0.320. The lowest BCUT2D eigenvalue weighted by atomic mass is 9.92. The molecule has 1 saturated heterocycles. The molecule has 10 heteroatoms. The molecule has 0 radical (unpaired) electrons. The Bertz CT molecular complexity index is 779. The van der Waals surface area contributed by atoms with Gasteiger partial charge in [0.25, 0.3) is 5.91 Å². The molecule has 170 valence electrons. The second-order valence-electron chi connectivity index (χ2n) is 7.87. The van der Waals surface area contributed by atoms with Crippen molar-refractivity contribution in [2.75, 3.05) is 32.1 Å². The van der Waals surface area contributed by atoms with Crippen LogP contribution in [-0.2, 0) is 4.79 Å². The molecule has 1 unspecified atom stereocenters. The second kappa shape index (κ2) is 10.3. The molecule has 5 N–H and O–H groups in total. The maximum atomic E-state index is 13.2. The Labute approximate surface area is 182 Å². The van der Waals surface area contributed by atoms with Crippen LogP contribution in [0.3, 0.4) is 0 Å². The van der Waals surface area contributed by atoms with Crippen molar-refractivity contribution in [2.45, 2.75) is 50.9 Å². The molecular weight excluding hydrogens is 400 g/mol. The number of nitrogens with zero attached hydrogens (tertiary/aromatic N) is 2. The van der Waals surface area contributed by atoms with Crippen LogP contribution in [0.4, 0.5) is 15.3 Å². The van der Waals surface area contributed by atoms with Crippen LogP contribution >= 0.6 is 0 Å². The normalized spacial score (nSPS) is 23.3. The molecule has 1 saturated carbocycles. The van der Waals surface area contributed by atoms with Gasteiger partial charge in [-0.3, -0.25) is 14.6 Å². The Kier molecular flexibility index (Phi) is 7.56. The van der Waals surface area contributed by atoms with Crippen LogP contribution in [0.15, 0.2) is 24.3 Å². The molecule has 10 nitrogen and oxygen atoms in total. The average Bonchev–Trinajstić information content (AvgIpc) is 3.22. The van der Waals surface area contributed by atoms with Gasteiger partial charge in [-0.25, -0.2) is 9.59 Å². The fourth-order valence-electron chi connectivity index (χ4n) is 4.00. The number of rotatable bonds is 5. The van der Waals surface area contributed by atoms with E-state index in [1.807, 2.05) is 6.92 Å². The van der Waals surface area contributed by atoms with Crippen LogP contribution < -0.4 is 26.4 Å². The first kappa shape index (κ1) is 22.7. The van der Waals surface area contributed by atoms with Crippen molar-refractivity contribution in [3.8, 4) is 5.75 Å².